The molecule has 0 radical (unpaired) electrons. The highest BCUT2D eigenvalue weighted by Crippen LogP contribution is 2.23. The van der Waals surface area contributed by atoms with Gasteiger partial charge in [0.15, 0.2) is 0 Å². The van der Waals surface area contributed by atoms with Gasteiger partial charge in [0.25, 0.3) is 0 Å². The topological polar surface area (TPSA) is 63.2 Å². The molecule has 0 spiro atoms. The zero-order chi connectivity index (χ0) is 13.2. The Morgan fingerprint density at radius 2 is 2.33 bits per heavy atom. The van der Waals surface area contributed by atoms with Gasteiger partial charge in [-0.15, -0.1) is 11.3 Å². The van der Waals surface area contributed by atoms with Gasteiger partial charge in [-0.1, -0.05) is 0 Å². The van der Waals surface area contributed by atoms with Crippen LogP contribution in [0.1, 0.15) is 18.9 Å². The molecule has 1 saturated heterocycles. The Bertz CT molecular complexity index is 405. The van der Waals surface area contributed by atoms with Crippen LogP contribution in [0.25, 0.3) is 0 Å². The smallest absolute Gasteiger partial charge is 0.227 e. The summed E-state index contributed by atoms with van der Waals surface area (Å²) in [4.78, 5) is 16.5. The monoisotopic (exact) mass is 269 g/mol. The molecule has 1 aromatic rings. The van der Waals surface area contributed by atoms with E-state index in [4.69, 9.17) is 4.74 Å². The van der Waals surface area contributed by atoms with Gasteiger partial charge in [0.2, 0.25) is 5.91 Å². The third-order valence-corrected chi connectivity index (χ3v) is 4.29. The number of nitrogens with zero attached hydrogens (tertiary/aromatic N) is 1. The Hall–Kier alpha value is -0.980. The maximum absolute atomic E-state index is 12.3. The van der Waals surface area contributed by atoms with E-state index in [1.807, 2.05) is 26.3 Å². The quantitative estimate of drug-likeness (QED) is 0.846. The third-order valence-electron chi connectivity index (χ3n) is 3.19. The van der Waals surface area contributed by atoms with Gasteiger partial charge in [-0.2, -0.15) is 0 Å². The molecule has 2 rings (SSSR count). The lowest BCUT2D eigenvalue weighted by atomic mass is 9.99. The van der Waals surface area contributed by atoms with Gasteiger partial charge in [0.05, 0.1) is 24.7 Å². The molecule has 1 aromatic heterocycles. The second kappa shape index (κ2) is 5.34. The average Bonchev–Trinajstić information content (AvgIpc) is 2.99. The van der Waals surface area contributed by atoms with Crippen LogP contribution in [0.3, 0.4) is 0 Å². The standard InChI is InChI=1S/C12H19N3O2S/c1-12(2,11-14-4-5-18-11)15-10(16)8-6-17-7-9(8)13-3/h4-5,8-9,13H,6-7H2,1-3H3,(H,15,16). The van der Waals surface area contributed by atoms with Gasteiger partial charge in [0, 0.05) is 17.6 Å². The molecule has 1 fully saturated rings. The highest BCUT2D eigenvalue weighted by molar-refractivity contribution is 7.09. The minimum atomic E-state index is -0.438. The van der Waals surface area contributed by atoms with E-state index in [1.165, 1.54) is 0 Å². The normalized spacial score (nSPS) is 24.2. The van der Waals surface area contributed by atoms with Crippen LogP contribution >= 0.6 is 11.3 Å². The lowest BCUT2D eigenvalue weighted by molar-refractivity contribution is -0.127. The highest BCUT2D eigenvalue weighted by atomic mass is 32.1. The van der Waals surface area contributed by atoms with Crippen LogP contribution in [-0.4, -0.2) is 37.2 Å². The fourth-order valence-corrected chi connectivity index (χ4v) is 2.80. The number of amides is 1. The fourth-order valence-electron chi connectivity index (χ4n) is 2.08. The van der Waals surface area contributed by atoms with Gasteiger partial charge in [-0.25, -0.2) is 4.98 Å². The minimum Gasteiger partial charge on any atom is -0.379 e. The molecule has 1 amide bonds. The number of carbonyl (C=O) groups excluding carboxylic acids is 1. The number of carbonyl (C=O) groups is 1. The first-order valence-corrected chi connectivity index (χ1v) is 6.89. The molecule has 0 bridgehead atoms. The van der Waals surface area contributed by atoms with Crippen LogP contribution in [0.15, 0.2) is 11.6 Å². The molecule has 5 nitrogen and oxygen atoms in total. The summed E-state index contributed by atoms with van der Waals surface area (Å²) in [6.45, 7) is 5.00. The van der Waals surface area contributed by atoms with Crippen LogP contribution < -0.4 is 10.6 Å². The molecule has 0 saturated carbocycles. The van der Waals surface area contributed by atoms with Gasteiger partial charge in [-0.05, 0) is 20.9 Å². The lowest BCUT2D eigenvalue weighted by Crippen LogP contribution is -2.48. The van der Waals surface area contributed by atoms with Crippen molar-refractivity contribution in [1.29, 1.82) is 0 Å². The van der Waals surface area contributed by atoms with Gasteiger partial charge >= 0.3 is 0 Å². The summed E-state index contributed by atoms with van der Waals surface area (Å²) >= 11 is 1.55. The second-order valence-corrected chi connectivity index (χ2v) is 5.89. The van der Waals surface area contributed by atoms with Crippen molar-refractivity contribution in [3.05, 3.63) is 16.6 Å². The summed E-state index contributed by atoms with van der Waals surface area (Å²) in [6, 6.07) is 0.0945. The van der Waals surface area contributed by atoms with Crippen molar-refractivity contribution in [3.63, 3.8) is 0 Å². The van der Waals surface area contributed by atoms with E-state index in [0.717, 1.165) is 5.01 Å². The molecule has 2 atom stereocenters. The summed E-state index contributed by atoms with van der Waals surface area (Å²) in [5, 5.41) is 9.00. The first-order valence-electron chi connectivity index (χ1n) is 6.01. The first-order chi connectivity index (χ1) is 8.54. The molecular weight excluding hydrogens is 250 g/mol. The van der Waals surface area contributed by atoms with E-state index in [9.17, 15) is 4.79 Å². The van der Waals surface area contributed by atoms with Crippen molar-refractivity contribution in [3.8, 4) is 0 Å². The molecular formula is C12H19N3O2S. The molecule has 2 N–H and O–H groups in total. The zero-order valence-corrected chi connectivity index (χ0v) is 11.7. The molecule has 1 aliphatic rings. The van der Waals surface area contributed by atoms with E-state index in [2.05, 4.69) is 15.6 Å². The van der Waals surface area contributed by atoms with Gasteiger partial charge < -0.3 is 15.4 Å². The van der Waals surface area contributed by atoms with E-state index >= 15 is 0 Å². The largest absolute Gasteiger partial charge is 0.379 e. The predicted molar refractivity (Wildman–Crippen MR) is 70.4 cm³/mol. The number of thiazole rings is 1. The van der Waals surface area contributed by atoms with Gasteiger partial charge in [0.1, 0.15) is 5.01 Å². The molecule has 2 unspecified atom stereocenters. The summed E-state index contributed by atoms with van der Waals surface area (Å²) in [5.74, 6) is -0.110. The van der Waals surface area contributed by atoms with Crippen molar-refractivity contribution < 1.29 is 9.53 Å². The lowest BCUT2D eigenvalue weighted by Gasteiger charge is -2.27. The van der Waals surface area contributed by atoms with E-state index in [-0.39, 0.29) is 17.9 Å². The summed E-state index contributed by atoms with van der Waals surface area (Å²) in [7, 11) is 1.85. The fraction of sp³-hybridized carbons (Fsp3) is 0.667. The molecule has 0 aliphatic carbocycles. The summed E-state index contributed by atoms with van der Waals surface area (Å²) in [5.41, 5.74) is -0.438. The SMILES string of the molecule is CNC1COCC1C(=O)NC(C)(C)c1nccs1. The molecule has 0 aromatic carbocycles. The van der Waals surface area contributed by atoms with Crippen LogP contribution in [-0.2, 0) is 15.1 Å². The molecule has 1 aliphatic heterocycles. The number of hydrogen-bond acceptors (Lipinski definition) is 5. The number of nitrogens with one attached hydrogen (secondary N) is 2. The third kappa shape index (κ3) is 2.71. The predicted octanol–water partition coefficient (Wildman–Crippen LogP) is 0.729. The van der Waals surface area contributed by atoms with E-state index in [0.29, 0.717) is 13.2 Å². The summed E-state index contributed by atoms with van der Waals surface area (Å²) in [6.07, 6.45) is 1.75. The zero-order valence-electron chi connectivity index (χ0n) is 10.9. The summed E-state index contributed by atoms with van der Waals surface area (Å²) < 4.78 is 5.35. The van der Waals surface area contributed by atoms with Crippen LogP contribution in [0.2, 0.25) is 0 Å². The Balaban J connectivity index is 2.03. The molecule has 6 heteroatoms. The number of hydrogen-bond donors (Lipinski definition) is 2. The van der Waals surface area contributed by atoms with Crippen molar-refractivity contribution in [2.45, 2.75) is 25.4 Å². The second-order valence-electron chi connectivity index (χ2n) is 4.99. The Kier molecular flexibility index (Phi) is 3.99. The van der Waals surface area contributed by atoms with Crippen LogP contribution in [0.5, 0.6) is 0 Å². The van der Waals surface area contributed by atoms with Crippen LogP contribution in [0.4, 0.5) is 0 Å². The van der Waals surface area contributed by atoms with Crippen LogP contribution in [0, 0.1) is 5.92 Å². The maximum atomic E-state index is 12.3. The average molecular weight is 269 g/mol. The number of rotatable bonds is 4. The molecule has 2 heterocycles. The van der Waals surface area contributed by atoms with Gasteiger partial charge in [-0.3, -0.25) is 4.79 Å². The molecule has 18 heavy (non-hydrogen) atoms. The number of ether oxygens (including phenoxy) is 1. The molecule has 100 valence electrons. The number of likely N-dealkylation sites (N-methyl/N-ethyl adjacent to an activating group) is 1. The number of aromatic nitrogens is 1. The first kappa shape index (κ1) is 13.5. The van der Waals surface area contributed by atoms with Crippen molar-refractivity contribution in [2.24, 2.45) is 5.92 Å². The van der Waals surface area contributed by atoms with E-state index < -0.39 is 5.54 Å². The van der Waals surface area contributed by atoms with Crippen molar-refractivity contribution >= 4 is 17.2 Å². The van der Waals surface area contributed by atoms with Crippen molar-refractivity contribution in [1.82, 2.24) is 15.6 Å². The Morgan fingerprint density at radius 1 is 1.56 bits per heavy atom. The van der Waals surface area contributed by atoms with Crippen molar-refractivity contribution in [2.75, 3.05) is 20.3 Å². The minimum absolute atomic E-state index is 0.0204. The van der Waals surface area contributed by atoms with E-state index in [1.54, 1.807) is 17.5 Å². The highest BCUT2D eigenvalue weighted by Gasteiger charge is 2.36. The Morgan fingerprint density at radius 3 is 2.94 bits per heavy atom. The Labute approximate surface area is 111 Å². The maximum Gasteiger partial charge on any atom is 0.227 e.